The van der Waals surface area contributed by atoms with Crippen molar-refractivity contribution >= 4 is 66.4 Å². The summed E-state index contributed by atoms with van der Waals surface area (Å²) in [6, 6.07) is 69.8. The maximum Gasteiger partial charge on any atom is 0.0506 e. The lowest BCUT2D eigenvalue weighted by molar-refractivity contribution is 0.627. The van der Waals surface area contributed by atoms with Crippen LogP contribution in [0.2, 0.25) is 0 Å². The van der Waals surface area contributed by atoms with E-state index in [9.17, 15) is 0 Å². The van der Waals surface area contributed by atoms with E-state index in [1.54, 1.807) is 0 Å². The van der Waals surface area contributed by atoms with Crippen molar-refractivity contribution in [1.29, 1.82) is 0 Å². The van der Waals surface area contributed by atoms with Crippen molar-refractivity contribution in [2.45, 2.75) is 77.0 Å². The van der Waals surface area contributed by atoms with Crippen molar-refractivity contribution in [2.75, 3.05) is 9.80 Å². The fourth-order valence-corrected chi connectivity index (χ4v) is 13.6. The first kappa shape index (κ1) is 39.7. The standard InChI is InChI=1S/C66H54N2/c1-63(2)51-23-13-11-21-45(51)49-35-57-61(37-55(49)63)67(59-27-17-15-25-53(59)65(57,5)6)39-29-31-43-44-32-30-40(34-48(44)42-20-10-9-19-41(42)47(43)33-39)68-60-28-18-16-26-54(60)66(7,8)58-36-50-46-22-12-14-24-52(46)64(3,4)56(50)38-62(58)68/h9-38H,1-8H3. The molecule has 0 fully saturated rings. The Morgan fingerprint density at radius 1 is 0.235 bits per heavy atom. The van der Waals surface area contributed by atoms with Crippen LogP contribution in [-0.2, 0) is 21.7 Å². The van der Waals surface area contributed by atoms with Crippen molar-refractivity contribution < 1.29 is 0 Å². The second kappa shape index (κ2) is 13.2. The van der Waals surface area contributed by atoms with Crippen LogP contribution in [0, 0.1) is 0 Å². The number of benzene rings is 10. The largest absolute Gasteiger partial charge is 0.310 e. The van der Waals surface area contributed by atoms with Gasteiger partial charge < -0.3 is 9.80 Å². The van der Waals surface area contributed by atoms with E-state index < -0.39 is 0 Å². The minimum atomic E-state index is -0.191. The van der Waals surface area contributed by atoms with E-state index in [4.69, 9.17) is 0 Å². The van der Waals surface area contributed by atoms with Gasteiger partial charge in [-0.3, -0.25) is 0 Å². The average Bonchev–Trinajstić information content (AvgIpc) is 3.72. The van der Waals surface area contributed by atoms with Gasteiger partial charge in [-0.1, -0.05) is 177 Å². The van der Waals surface area contributed by atoms with Crippen molar-refractivity contribution in [3.05, 3.63) is 226 Å². The molecule has 4 aliphatic rings. The quantitative estimate of drug-likeness (QED) is 0.160. The van der Waals surface area contributed by atoms with E-state index in [1.165, 1.54) is 133 Å². The van der Waals surface area contributed by atoms with Crippen LogP contribution in [-0.4, -0.2) is 0 Å². The Kier molecular flexibility index (Phi) is 7.69. The summed E-state index contributed by atoms with van der Waals surface area (Å²) < 4.78 is 0. The monoisotopic (exact) mass is 874 g/mol. The second-order valence-electron chi connectivity index (χ2n) is 22.1. The topological polar surface area (TPSA) is 6.48 Å². The van der Waals surface area contributed by atoms with E-state index in [-0.39, 0.29) is 21.7 Å². The molecule has 0 radical (unpaired) electrons. The summed E-state index contributed by atoms with van der Waals surface area (Å²) in [5.41, 5.74) is 23.3. The molecule has 0 aromatic heterocycles. The number of nitrogens with zero attached hydrogens (tertiary/aromatic N) is 2. The highest BCUT2D eigenvalue weighted by molar-refractivity contribution is 6.26. The van der Waals surface area contributed by atoms with Crippen molar-refractivity contribution in [1.82, 2.24) is 0 Å². The Labute approximate surface area is 400 Å². The summed E-state index contributed by atoms with van der Waals surface area (Å²) in [5.74, 6) is 0. The van der Waals surface area contributed by atoms with E-state index in [0.717, 1.165) is 0 Å². The van der Waals surface area contributed by atoms with Gasteiger partial charge in [-0.2, -0.15) is 0 Å². The van der Waals surface area contributed by atoms with Gasteiger partial charge in [0.25, 0.3) is 0 Å². The molecule has 2 aliphatic heterocycles. The normalized spacial score (nSPS) is 16.9. The van der Waals surface area contributed by atoms with E-state index in [2.05, 4.69) is 247 Å². The lowest BCUT2D eigenvalue weighted by Crippen LogP contribution is -2.31. The number of anilines is 6. The molecule has 2 heteroatoms. The molecule has 0 spiro atoms. The van der Waals surface area contributed by atoms with Gasteiger partial charge >= 0.3 is 0 Å². The predicted octanol–water partition coefficient (Wildman–Crippen LogP) is 18.0. The second-order valence-corrected chi connectivity index (χ2v) is 22.1. The summed E-state index contributed by atoms with van der Waals surface area (Å²) >= 11 is 0. The van der Waals surface area contributed by atoms with Crippen LogP contribution in [0.25, 0.3) is 54.6 Å². The Bertz CT molecular complexity index is 3600. The lowest BCUT2D eigenvalue weighted by atomic mass is 9.71. The Balaban J connectivity index is 0.970. The van der Waals surface area contributed by atoms with Gasteiger partial charge in [0.2, 0.25) is 0 Å². The molecular formula is C66H54N2. The number of fused-ring (bicyclic) bond motifs is 16. The van der Waals surface area contributed by atoms with Crippen LogP contribution in [0.5, 0.6) is 0 Å². The summed E-state index contributed by atoms with van der Waals surface area (Å²) in [4.78, 5) is 5.11. The smallest absolute Gasteiger partial charge is 0.0506 e. The molecule has 328 valence electrons. The number of rotatable bonds is 2. The molecule has 0 atom stereocenters. The first-order chi connectivity index (χ1) is 32.8. The zero-order chi connectivity index (χ0) is 46.2. The Morgan fingerprint density at radius 2 is 0.574 bits per heavy atom. The molecule has 10 aromatic carbocycles. The van der Waals surface area contributed by atoms with Crippen molar-refractivity contribution in [3.8, 4) is 22.3 Å². The maximum absolute atomic E-state index is 2.56. The SMILES string of the molecule is CC1(C)c2ccccc2-c2cc3c(cc21)N(c1ccc2c4ccc(N5c6ccccc6C(C)(C)c6cc7c(cc65)C(C)(C)c5ccccc5-7)cc4c4ccccc4c2c1)c1ccccc1C3(C)C. The zero-order valence-electron chi connectivity index (χ0n) is 40.2. The number of para-hydroxylation sites is 2. The van der Waals surface area contributed by atoms with Gasteiger partial charge in [-0.15, -0.1) is 0 Å². The van der Waals surface area contributed by atoms with E-state index in [0.29, 0.717) is 0 Å². The van der Waals surface area contributed by atoms with Gasteiger partial charge in [-0.05, 0) is 160 Å². The Morgan fingerprint density at radius 3 is 1.00 bits per heavy atom. The number of hydrogen-bond donors (Lipinski definition) is 0. The van der Waals surface area contributed by atoms with Crippen molar-refractivity contribution in [3.63, 3.8) is 0 Å². The van der Waals surface area contributed by atoms with Gasteiger partial charge in [0.05, 0.1) is 22.7 Å². The molecule has 2 aliphatic carbocycles. The zero-order valence-corrected chi connectivity index (χ0v) is 40.2. The molecule has 68 heavy (non-hydrogen) atoms. The molecular weight excluding hydrogens is 821 g/mol. The molecule has 14 rings (SSSR count). The van der Waals surface area contributed by atoms with Crippen LogP contribution in [0.3, 0.4) is 0 Å². The Hall–Kier alpha value is -7.42. The summed E-state index contributed by atoms with van der Waals surface area (Å²) in [7, 11) is 0. The molecule has 0 saturated heterocycles. The third kappa shape index (κ3) is 4.98. The minimum Gasteiger partial charge on any atom is -0.310 e. The fourth-order valence-electron chi connectivity index (χ4n) is 13.6. The van der Waals surface area contributed by atoms with Crippen LogP contribution in [0.4, 0.5) is 34.1 Å². The summed E-state index contributed by atoms with van der Waals surface area (Å²) in [5, 5.41) is 7.60. The van der Waals surface area contributed by atoms with Gasteiger partial charge in [0.1, 0.15) is 0 Å². The third-order valence-corrected chi connectivity index (χ3v) is 17.2. The predicted molar refractivity (Wildman–Crippen MR) is 288 cm³/mol. The third-order valence-electron chi connectivity index (χ3n) is 17.2. The number of hydrogen-bond acceptors (Lipinski definition) is 2. The minimum absolute atomic E-state index is 0.109. The van der Waals surface area contributed by atoms with Crippen LogP contribution in [0.15, 0.2) is 182 Å². The lowest BCUT2D eigenvalue weighted by Gasteiger charge is -2.43. The first-order valence-corrected chi connectivity index (χ1v) is 24.5. The van der Waals surface area contributed by atoms with Gasteiger partial charge in [0, 0.05) is 33.0 Å². The molecule has 2 heterocycles. The molecule has 0 unspecified atom stereocenters. The van der Waals surface area contributed by atoms with E-state index >= 15 is 0 Å². The molecule has 0 saturated carbocycles. The summed E-state index contributed by atoms with van der Waals surface area (Å²) in [6.07, 6.45) is 0. The fraction of sp³-hybridized carbons (Fsp3) is 0.182. The highest BCUT2D eigenvalue weighted by Gasteiger charge is 2.44. The molecule has 0 bridgehead atoms. The molecule has 0 amide bonds. The first-order valence-electron chi connectivity index (χ1n) is 24.5. The van der Waals surface area contributed by atoms with Crippen LogP contribution in [0.1, 0.15) is 99.9 Å². The van der Waals surface area contributed by atoms with Crippen LogP contribution < -0.4 is 9.80 Å². The van der Waals surface area contributed by atoms with E-state index in [1.807, 2.05) is 0 Å². The molecule has 2 nitrogen and oxygen atoms in total. The van der Waals surface area contributed by atoms with Gasteiger partial charge in [0.15, 0.2) is 0 Å². The average molecular weight is 875 g/mol. The van der Waals surface area contributed by atoms with Gasteiger partial charge in [-0.25, -0.2) is 0 Å². The van der Waals surface area contributed by atoms with Crippen molar-refractivity contribution in [2.24, 2.45) is 0 Å². The molecule has 10 aromatic rings. The highest BCUT2D eigenvalue weighted by Crippen LogP contribution is 2.60. The van der Waals surface area contributed by atoms with Crippen LogP contribution >= 0.6 is 0 Å². The maximum atomic E-state index is 2.56. The highest BCUT2D eigenvalue weighted by atomic mass is 15.2. The molecule has 0 N–H and O–H groups in total. The summed E-state index contributed by atoms with van der Waals surface area (Å²) in [6.45, 7) is 19.2.